The molecule has 5 heteroatoms. The van der Waals surface area contributed by atoms with Crippen LogP contribution in [0.4, 0.5) is 5.69 Å². The molecule has 0 spiro atoms. The summed E-state index contributed by atoms with van der Waals surface area (Å²) < 4.78 is 0.895. The molecule has 1 N–H and O–H groups in total. The molecule has 0 saturated heterocycles. The maximum absolute atomic E-state index is 13.5. The Bertz CT molecular complexity index is 1050. The Labute approximate surface area is 172 Å². The number of aryl methyl sites for hydroxylation is 1. The first kappa shape index (κ1) is 18.4. The number of halogens is 1. The predicted molar refractivity (Wildman–Crippen MR) is 113 cm³/mol. The lowest BCUT2D eigenvalue weighted by Crippen LogP contribution is -2.39. The van der Waals surface area contributed by atoms with Crippen molar-refractivity contribution in [2.75, 3.05) is 11.9 Å². The van der Waals surface area contributed by atoms with E-state index in [1.54, 1.807) is 11.0 Å². The molecule has 0 aromatic heterocycles. The summed E-state index contributed by atoms with van der Waals surface area (Å²) in [6, 6.07) is 22.6. The molecule has 28 heavy (non-hydrogen) atoms. The van der Waals surface area contributed by atoms with E-state index in [0.29, 0.717) is 5.56 Å². The number of amides is 2. The standard InChI is InChI=1S/C23H19BrN2O2/c1-15-6-5-9-17(12-15)23(28)26-14-21(27)25-20-11-10-18(24)13-19(20)22(26)16-7-3-2-4-8-16/h2-13,22H,14H2,1H3,(H,25,27). The van der Waals surface area contributed by atoms with Crippen LogP contribution in [0, 0.1) is 6.92 Å². The van der Waals surface area contributed by atoms with Gasteiger partial charge in [-0.2, -0.15) is 0 Å². The quantitative estimate of drug-likeness (QED) is 0.620. The van der Waals surface area contributed by atoms with E-state index in [1.807, 2.05) is 73.7 Å². The smallest absolute Gasteiger partial charge is 0.255 e. The predicted octanol–water partition coefficient (Wildman–Crippen LogP) is 4.94. The van der Waals surface area contributed by atoms with Gasteiger partial charge in [0.2, 0.25) is 5.91 Å². The van der Waals surface area contributed by atoms with Gasteiger partial charge in [0.25, 0.3) is 5.91 Å². The number of nitrogens with one attached hydrogen (secondary N) is 1. The summed E-state index contributed by atoms with van der Waals surface area (Å²) in [6.45, 7) is 1.94. The second-order valence-electron chi connectivity index (χ2n) is 6.90. The van der Waals surface area contributed by atoms with Crippen molar-refractivity contribution in [2.45, 2.75) is 13.0 Å². The molecule has 1 heterocycles. The summed E-state index contributed by atoms with van der Waals surface area (Å²) in [5.74, 6) is -0.372. The molecule has 0 saturated carbocycles. The number of carbonyl (C=O) groups excluding carboxylic acids is 2. The summed E-state index contributed by atoms with van der Waals surface area (Å²) in [6.07, 6.45) is 0. The van der Waals surface area contributed by atoms with Gasteiger partial charge in [-0.25, -0.2) is 0 Å². The van der Waals surface area contributed by atoms with Crippen LogP contribution in [0.5, 0.6) is 0 Å². The van der Waals surface area contributed by atoms with Crippen molar-refractivity contribution < 1.29 is 9.59 Å². The zero-order valence-corrected chi connectivity index (χ0v) is 16.9. The molecule has 0 radical (unpaired) electrons. The molecule has 1 aliphatic heterocycles. The van der Waals surface area contributed by atoms with Crippen molar-refractivity contribution in [1.29, 1.82) is 0 Å². The summed E-state index contributed by atoms with van der Waals surface area (Å²) >= 11 is 3.53. The molecule has 2 amide bonds. The SMILES string of the molecule is Cc1cccc(C(=O)N2CC(=O)Nc3ccc(Br)cc3C2c2ccccc2)c1. The van der Waals surface area contributed by atoms with Crippen LogP contribution >= 0.6 is 15.9 Å². The number of hydrogen-bond acceptors (Lipinski definition) is 2. The van der Waals surface area contributed by atoms with E-state index in [0.717, 1.165) is 26.9 Å². The number of nitrogens with zero attached hydrogens (tertiary/aromatic N) is 1. The van der Waals surface area contributed by atoms with Crippen LogP contribution in [0.15, 0.2) is 77.3 Å². The summed E-state index contributed by atoms with van der Waals surface area (Å²) in [7, 11) is 0. The van der Waals surface area contributed by atoms with E-state index < -0.39 is 0 Å². The molecule has 4 rings (SSSR count). The van der Waals surface area contributed by atoms with Gasteiger partial charge in [0.1, 0.15) is 6.54 Å². The van der Waals surface area contributed by atoms with Crippen LogP contribution in [-0.2, 0) is 4.79 Å². The van der Waals surface area contributed by atoms with E-state index in [2.05, 4.69) is 21.2 Å². The van der Waals surface area contributed by atoms with Gasteiger partial charge < -0.3 is 10.2 Å². The van der Waals surface area contributed by atoms with E-state index in [4.69, 9.17) is 0 Å². The third-order valence-corrected chi connectivity index (χ3v) is 5.34. The monoisotopic (exact) mass is 434 g/mol. The molecule has 0 aliphatic carbocycles. The van der Waals surface area contributed by atoms with Crippen LogP contribution in [0.25, 0.3) is 0 Å². The number of carbonyl (C=O) groups is 2. The zero-order valence-electron chi connectivity index (χ0n) is 15.4. The van der Waals surface area contributed by atoms with Gasteiger partial charge in [0, 0.05) is 21.3 Å². The zero-order chi connectivity index (χ0) is 19.7. The molecule has 4 nitrogen and oxygen atoms in total. The third kappa shape index (κ3) is 3.58. The highest BCUT2D eigenvalue weighted by atomic mass is 79.9. The van der Waals surface area contributed by atoms with Crippen LogP contribution in [0.2, 0.25) is 0 Å². The maximum Gasteiger partial charge on any atom is 0.255 e. The Morgan fingerprint density at radius 1 is 1.04 bits per heavy atom. The lowest BCUT2D eigenvalue weighted by atomic mass is 9.95. The minimum absolute atomic E-state index is 0.0152. The first-order chi connectivity index (χ1) is 13.5. The minimum Gasteiger partial charge on any atom is -0.324 e. The average molecular weight is 435 g/mol. The van der Waals surface area contributed by atoms with Crippen LogP contribution in [0.1, 0.15) is 33.1 Å². The summed E-state index contributed by atoms with van der Waals surface area (Å²) in [5.41, 5.74) is 4.14. The first-order valence-corrected chi connectivity index (χ1v) is 9.84. The Kier molecular flexibility index (Phi) is 5.01. The van der Waals surface area contributed by atoms with Crippen molar-refractivity contribution in [1.82, 2.24) is 4.90 Å². The lowest BCUT2D eigenvalue weighted by molar-refractivity contribution is -0.117. The Morgan fingerprint density at radius 3 is 2.57 bits per heavy atom. The first-order valence-electron chi connectivity index (χ1n) is 9.05. The number of benzene rings is 3. The molecule has 1 unspecified atom stereocenters. The average Bonchev–Trinajstić information content (AvgIpc) is 2.83. The van der Waals surface area contributed by atoms with Gasteiger partial charge in [0.15, 0.2) is 0 Å². The second-order valence-corrected chi connectivity index (χ2v) is 7.81. The fourth-order valence-corrected chi connectivity index (χ4v) is 3.98. The fraction of sp³-hybridized carbons (Fsp3) is 0.130. The van der Waals surface area contributed by atoms with Gasteiger partial charge in [-0.05, 0) is 42.8 Å². The van der Waals surface area contributed by atoms with Gasteiger partial charge in [0.05, 0.1) is 6.04 Å². The fourth-order valence-electron chi connectivity index (χ4n) is 3.61. The van der Waals surface area contributed by atoms with Gasteiger partial charge in [-0.3, -0.25) is 9.59 Å². The molecule has 1 atom stereocenters. The van der Waals surface area contributed by atoms with Crippen LogP contribution in [0.3, 0.4) is 0 Å². The second kappa shape index (κ2) is 7.60. The molecule has 0 fully saturated rings. The normalized spacial score (nSPS) is 16.1. The highest BCUT2D eigenvalue weighted by molar-refractivity contribution is 9.10. The van der Waals surface area contributed by atoms with Crippen molar-refractivity contribution in [2.24, 2.45) is 0 Å². The van der Waals surface area contributed by atoms with E-state index in [1.165, 1.54) is 0 Å². The van der Waals surface area contributed by atoms with Crippen molar-refractivity contribution in [3.63, 3.8) is 0 Å². The number of anilines is 1. The Hall–Kier alpha value is -2.92. The Balaban J connectivity index is 1.89. The number of hydrogen-bond donors (Lipinski definition) is 1. The Morgan fingerprint density at radius 2 is 1.82 bits per heavy atom. The van der Waals surface area contributed by atoms with Gasteiger partial charge in [-0.1, -0.05) is 64.0 Å². The summed E-state index contributed by atoms with van der Waals surface area (Å²) in [5, 5.41) is 2.94. The van der Waals surface area contributed by atoms with E-state index in [-0.39, 0.29) is 24.4 Å². The molecular formula is C23H19BrN2O2. The van der Waals surface area contributed by atoms with Crippen molar-refractivity contribution in [3.8, 4) is 0 Å². The molecule has 1 aliphatic rings. The van der Waals surface area contributed by atoms with Crippen molar-refractivity contribution >= 4 is 33.4 Å². The third-order valence-electron chi connectivity index (χ3n) is 4.85. The molecular weight excluding hydrogens is 416 g/mol. The van der Waals surface area contributed by atoms with E-state index in [9.17, 15) is 9.59 Å². The van der Waals surface area contributed by atoms with E-state index >= 15 is 0 Å². The molecule has 140 valence electrons. The molecule has 3 aromatic rings. The highest BCUT2D eigenvalue weighted by Crippen LogP contribution is 2.38. The minimum atomic E-state index is -0.374. The van der Waals surface area contributed by atoms with Crippen LogP contribution in [-0.4, -0.2) is 23.3 Å². The van der Waals surface area contributed by atoms with Crippen LogP contribution < -0.4 is 5.32 Å². The van der Waals surface area contributed by atoms with Gasteiger partial charge >= 0.3 is 0 Å². The maximum atomic E-state index is 13.5. The molecule has 3 aromatic carbocycles. The largest absolute Gasteiger partial charge is 0.324 e. The lowest BCUT2D eigenvalue weighted by Gasteiger charge is -2.31. The van der Waals surface area contributed by atoms with Gasteiger partial charge in [-0.15, -0.1) is 0 Å². The topological polar surface area (TPSA) is 49.4 Å². The highest BCUT2D eigenvalue weighted by Gasteiger charge is 2.34. The molecule has 0 bridgehead atoms. The van der Waals surface area contributed by atoms with Crippen molar-refractivity contribution in [3.05, 3.63) is 99.5 Å². The summed E-state index contributed by atoms with van der Waals surface area (Å²) in [4.78, 5) is 27.7. The number of rotatable bonds is 2. The number of fused-ring (bicyclic) bond motifs is 1.